The lowest BCUT2D eigenvalue weighted by atomic mass is 10.2. The average molecular weight is 389 g/mol. The zero-order valence-corrected chi connectivity index (χ0v) is 15.0. The molecule has 2 bridgehead atoms. The number of pyridine rings is 1. The first-order chi connectivity index (χ1) is 13.1. The smallest absolute Gasteiger partial charge is 0.324 e. The van der Waals surface area contributed by atoms with E-state index in [0.29, 0.717) is 30.2 Å². The van der Waals surface area contributed by atoms with E-state index in [1.54, 1.807) is 0 Å². The van der Waals surface area contributed by atoms with Gasteiger partial charge < -0.3 is 19.9 Å². The Kier molecular flexibility index (Phi) is 5.84. The largest absolute Gasteiger partial charge is 0.506 e. The number of halogens is 1. The van der Waals surface area contributed by atoms with E-state index in [4.69, 9.17) is 26.3 Å². The molecule has 2 amide bonds. The molecule has 2 heterocycles. The quantitative estimate of drug-likeness (QED) is 0.589. The molecule has 0 atom stereocenters. The molecule has 0 saturated carbocycles. The minimum absolute atomic E-state index is 0.0859. The molecule has 0 unspecified atom stereocenters. The number of rotatable bonds is 0. The molecule has 0 aliphatic carbocycles. The number of benzene rings is 1. The van der Waals surface area contributed by atoms with Crippen molar-refractivity contribution in [1.82, 2.24) is 4.98 Å². The molecule has 140 valence electrons. The predicted molar refractivity (Wildman–Crippen MR) is 99.6 cm³/mol. The van der Waals surface area contributed by atoms with Gasteiger partial charge in [0.2, 0.25) is 5.88 Å². The normalized spacial score (nSPS) is 14.7. The van der Waals surface area contributed by atoms with Crippen LogP contribution < -0.4 is 20.1 Å². The number of aromatic nitrogens is 1. The number of phenols is 1. The van der Waals surface area contributed by atoms with E-state index in [2.05, 4.69) is 15.6 Å². The highest BCUT2D eigenvalue weighted by atomic mass is 35.5. The summed E-state index contributed by atoms with van der Waals surface area (Å²) >= 11 is 5.94. The first kappa shape index (κ1) is 18.6. The monoisotopic (exact) mass is 388 g/mol. The number of nitrogens with one attached hydrogen (secondary N) is 2. The van der Waals surface area contributed by atoms with Gasteiger partial charge in [0, 0.05) is 6.07 Å². The van der Waals surface area contributed by atoms with Gasteiger partial charge in [-0.25, -0.2) is 4.79 Å². The number of anilines is 2. The third kappa shape index (κ3) is 4.71. The minimum atomic E-state index is -0.584. The average Bonchev–Trinajstić information content (AvgIpc) is 2.64. The summed E-state index contributed by atoms with van der Waals surface area (Å²) in [7, 11) is 0. The van der Waals surface area contributed by atoms with Gasteiger partial charge in [0.15, 0.2) is 0 Å². The van der Waals surface area contributed by atoms with Crippen LogP contribution in [0.2, 0.25) is 5.02 Å². The molecule has 9 heteroatoms. The Morgan fingerprint density at radius 3 is 2.70 bits per heavy atom. The van der Waals surface area contributed by atoms with Crippen LogP contribution in [0.25, 0.3) is 0 Å². The number of aromatic hydroxyl groups is 1. The Balaban J connectivity index is 1.89. The molecule has 0 saturated heterocycles. The topological polar surface area (TPSA) is 116 Å². The zero-order chi connectivity index (χ0) is 19.2. The van der Waals surface area contributed by atoms with Crippen LogP contribution in [0, 0.1) is 11.3 Å². The molecule has 1 aromatic heterocycles. The number of hydrogen-bond acceptors (Lipinski definition) is 6. The minimum Gasteiger partial charge on any atom is -0.506 e. The molecule has 1 aromatic carbocycles. The van der Waals surface area contributed by atoms with E-state index < -0.39 is 6.03 Å². The Morgan fingerprint density at radius 2 is 1.93 bits per heavy atom. The highest BCUT2D eigenvalue weighted by molar-refractivity contribution is 6.32. The lowest BCUT2D eigenvalue weighted by Gasteiger charge is -2.14. The number of nitrogens with zero attached hydrogens (tertiary/aromatic N) is 2. The van der Waals surface area contributed by atoms with Gasteiger partial charge in [-0.05, 0) is 37.5 Å². The number of ether oxygens (including phenoxy) is 2. The van der Waals surface area contributed by atoms with Gasteiger partial charge in [-0.1, -0.05) is 11.6 Å². The lowest BCUT2D eigenvalue weighted by molar-refractivity contribution is 0.261. The molecular weight excluding hydrogens is 372 g/mol. The van der Waals surface area contributed by atoms with Crippen molar-refractivity contribution >= 4 is 29.1 Å². The molecule has 2 aromatic rings. The molecule has 1 aliphatic rings. The first-order valence-electron chi connectivity index (χ1n) is 8.34. The molecule has 3 N–H and O–H groups in total. The second-order valence-electron chi connectivity index (χ2n) is 5.80. The standard InChI is InChI=1S/C18H17ClN4O4/c19-12-8-13-15(9-14(12)24)26-6-2-1-3-7-27-17-11(10-20)4-5-16(22-17)23-18(25)21-13/h4-5,8-9,24H,1-3,6-7H2,(H2,21,22,23,25). The van der Waals surface area contributed by atoms with Crippen LogP contribution in [0.5, 0.6) is 17.4 Å². The Hall–Kier alpha value is -3.18. The molecule has 0 radical (unpaired) electrons. The van der Waals surface area contributed by atoms with Crippen LogP contribution in [0.3, 0.4) is 0 Å². The number of nitriles is 1. The molecule has 1 aliphatic heterocycles. The predicted octanol–water partition coefficient (Wildman–Crippen LogP) is 3.90. The third-order valence-corrected chi connectivity index (χ3v) is 4.11. The van der Waals surface area contributed by atoms with Crippen molar-refractivity contribution in [2.75, 3.05) is 23.8 Å². The van der Waals surface area contributed by atoms with Crippen molar-refractivity contribution in [2.24, 2.45) is 0 Å². The first-order valence-corrected chi connectivity index (χ1v) is 8.72. The fourth-order valence-corrected chi connectivity index (χ4v) is 2.63. The van der Waals surface area contributed by atoms with Crippen LogP contribution in [-0.4, -0.2) is 29.3 Å². The third-order valence-electron chi connectivity index (χ3n) is 3.80. The number of hydrogen-bond donors (Lipinski definition) is 3. The summed E-state index contributed by atoms with van der Waals surface area (Å²) in [6, 6.07) is 7.23. The second kappa shape index (κ2) is 8.47. The zero-order valence-electron chi connectivity index (χ0n) is 14.3. The molecule has 27 heavy (non-hydrogen) atoms. The maximum Gasteiger partial charge on any atom is 0.324 e. The summed E-state index contributed by atoms with van der Waals surface area (Å²) in [5.74, 6) is 0.576. The Morgan fingerprint density at radius 1 is 1.15 bits per heavy atom. The van der Waals surface area contributed by atoms with Crippen LogP contribution in [0.1, 0.15) is 24.8 Å². The van der Waals surface area contributed by atoms with Gasteiger partial charge in [-0.3, -0.25) is 5.32 Å². The van der Waals surface area contributed by atoms with Crippen LogP contribution in [0.4, 0.5) is 16.3 Å². The summed E-state index contributed by atoms with van der Waals surface area (Å²) in [6.45, 7) is 0.789. The van der Waals surface area contributed by atoms with E-state index in [-0.39, 0.29) is 22.5 Å². The fourth-order valence-electron chi connectivity index (χ4n) is 2.47. The summed E-state index contributed by atoms with van der Waals surface area (Å²) in [6.07, 6.45) is 2.33. The Bertz CT molecular complexity index is 898. The van der Waals surface area contributed by atoms with Crippen molar-refractivity contribution < 1.29 is 19.4 Å². The van der Waals surface area contributed by atoms with Gasteiger partial charge in [0.1, 0.15) is 28.9 Å². The molecule has 0 spiro atoms. The number of urea groups is 1. The SMILES string of the molecule is N#Cc1ccc2nc1OCCCCCOc1cc(O)c(Cl)cc1NC(=O)N2. The van der Waals surface area contributed by atoms with Crippen molar-refractivity contribution in [3.05, 3.63) is 34.9 Å². The van der Waals surface area contributed by atoms with E-state index in [0.717, 1.165) is 19.3 Å². The van der Waals surface area contributed by atoms with Crippen molar-refractivity contribution in [2.45, 2.75) is 19.3 Å². The van der Waals surface area contributed by atoms with Gasteiger partial charge in [0.05, 0.1) is 23.9 Å². The number of phenolic OH excluding ortho intramolecular Hbond substituents is 1. The number of carbonyl (C=O) groups is 1. The maximum absolute atomic E-state index is 12.3. The van der Waals surface area contributed by atoms with E-state index in [1.165, 1.54) is 24.3 Å². The van der Waals surface area contributed by atoms with Gasteiger partial charge >= 0.3 is 6.03 Å². The number of fused-ring (bicyclic) bond motifs is 3. The van der Waals surface area contributed by atoms with Crippen molar-refractivity contribution in [3.63, 3.8) is 0 Å². The summed E-state index contributed by atoms with van der Waals surface area (Å²) in [5.41, 5.74) is 0.608. The van der Waals surface area contributed by atoms with Gasteiger partial charge in [-0.2, -0.15) is 10.2 Å². The van der Waals surface area contributed by atoms with Crippen molar-refractivity contribution in [1.29, 1.82) is 5.26 Å². The highest BCUT2D eigenvalue weighted by Gasteiger charge is 2.14. The number of carbonyl (C=O) groups excluding carboxylic acids is 1. The molecule has 0 fully saturated rings. The van der Waals surface area contributed by atoms with E-state index in [9.17, 15) is 9.90 Å². The second-order valence-corrected chi connectivity index (χ2v) is 6.20. The fraction of sp³-hybridized carbons (Fsp3) is 0.278. The Labute approximate surface area is 160 Å². The molecular formula is C18H17ClN4O4. The van der Waals surface area contributed by atoms with Gasteiger partial charge in [-0.15, -0.1) is 0 Å². The van der Waals surface area contributed by atoms with Crippen molar-refractivity contribution in [3.8, 4) is 23.4 Å². The van der Waals surface area contributed by atoms with Gasteiger partial charge in [0.25, 0.3) is 0 Å². The number of amides is 2. The van der Waals surface area contributed by atoms with Crippen LogP contribution in [0.15, 0.2) is 24.3 Å². The van der Waals surface area contributed by atoms with Crippen LogP contribution >= 0.6 is 11.6 Å². The van der Waals surface area contributed by atoms with Crippen LogP contribution in [-0.2, 0) is 0 Å². The van der Waals surface area contributed by atoms with E-state index >= 15 is 0 Å². The highest BCUT2D eigenvalue weighted by Crippen LogP contribution is 2.35. The van der Waals surface area contributed by atoms with E-state index in [1.807, 2.05) is 6.07 Å². The summed E-state index contributed by atoms with van der Waals surface area (Å²) < 4.78 is 11.2. The molecule has 8 nitrogen and oxygen atoms in total. The maximum atomic E-state index is 12.3. The summed E-state index contributed by atoms with van der Waals surface area (Å²) in [4.78, 5) is 16.5. The lowest BCUT2D eigenvalue weighted by Crippen LogP contribution is -2.21. The molecule has 3 rings (SSSR count). The summed E-state index contributed by atoms with van der Waals surface area (Å²) in [5, 5.41) is 24.2.